The van der Waals surface area contributed by atoms with E-state index in [0.29, 0.717) is 53.2 Å². The van der Waals surface area contributed by atoms with Gasteiger partial charge in [-0.2, -0.15) is 0 Å². The predicted octanol–water partition coefficient (Wildman–Crippen LogP) is 4.58. The predicted molar refractivity (Wildman–Crippen MR) is 200 cm³/mol. The molecule has 3 atom stereocenters. The van der Waals surface area contributed by atoms with E-state index in [1.165, 1.54) is 16.2 Å². The number of aromatic nitrogens is 2. The van der Waals surface area contributed by atoms with Crippen LogP contribution in [0.3, 0.4) is 0 Å². The Kier molecular flexibility index (Phi) is 10.7. The first kappa shape index (κ1) is 37.3. The highest BCUT2D eigenvalue weighted by molar-refractivity contribution is 7.91. The molecule has 4 N–H and O–H groups in total. The summed E-state index contributed by atoms with van der Waals surface area (Å²) in [6.45, 7) is 6.18. The number of carbonyl (C=O) groups is 3. The number of allylic oxidation sites excluding steroid dienone is 1. The van der Waals surface area contributed by atoms with Crippen molar-refractivity contribution in [2.24, 2.45) is 5.92 Å². The number of anilines is 1. The molecule has 3 aliphatic rings. The molecule has 3 aromatic rings. The molecule has 2 unspecified atom stereocenters. The Morgan fingerprint density at radius 2 is 1.94 bits per heavy atom. The number of nitrogens with zero attached hydrogens (tertiary/aromatic N) is 3. The van der Waals surface area contributed by atoms with Crippen molar-refractivity contribution < 1.29 is 32.3 Å². The molecule has 6 rings (SSSR count). The molecule has 4 amide bonds. The first-order valence-electron chi connectivity index (χ1n) is 17.6. The molecule has 2 saturated carbocycles. The second-order valence-electron chi connectivity index (χ2n) is 14.4. The van der Waals surface area contributed by atoms with Gasteiger partial charge < -0.3 is 30.3 Å². The Hall–Kier alpha value is -4.44. The van der Waals surface area contributed by atoms with E-state index in [0.717, 1.165) is 24.4 Å². The number of rotatable bonds is 11. The van der Waals surface area contributed by atoms with Gasteiger partial charge in [-0.3, -0.25) is 14.3 Å². The molecule has 0 radical (unpaired) electrons. The van der Waals surface area contributed by atoms with E-state index in [-0.39, 0.29) is 25.5 Å². The molecular formula is C36H47N7O7S2. The molecule has 2 aromatic heterocycles. The number of methoxy groups -OCH3 is 1. The number of amides is 4. The van der Waals surface area contributed by atoms with Crippen LogP contribution in [0.1, 0.15) is 65.7 Å². The van der Waals surface area contributed by atoms with Crippen LogP contribution in [-0.4, -0.2) is 90.8 Å². The number of pyridine rings is 1. The zero-order valence-corrected chi connectivity index (χ0v) is 31.8. The second kappa shape index (κ2) is 14.9. The number of carbonyl (C=O) groups excluding carboxylic acids is 3. The molecule has 1 aromatic carbocycles. The van der Waals surface area contributed by atoms with Crippen LogP contribution in [0, 0.1) is 5.92 Å². The zero-order valence-electron chi connectivity index (χ0n) is 30.2. The van der Waals surface area contributed by atoms with Gasteiger partial charge in [-0.1, -0.05) is 12.2 Å². The van der Waals surface area contributed by atoms with Crippen LogP contribution in [0.15, 0.2) is 41.8 Å². The molecule has 1 aliphatic heterocycles. The first-order chi connectivity index (χ1) is 24.7. The number of hydrogen-bond donors (Lipinski definition) is 4. The highest BCUT2D eigenvalue weighted by Crippen LogP contribution is 2.47. The molecule has 280 valence electrons. The maximum absolute atomic E-state index is 14.0. The maximum atomic E-state index is 14.0. The number of urea groups is 1. The molecule has 2 fully saturated rings. The Morgan fingerprint density at radius 3 is 2.67 bits per heavy atom. The van der Waals surface area contributed by atoms with E-state index >= 15 is 0 Å². The van der Waals surface area contributed by atoms with Crippen molar-refractivity contribution in [1.29, 1.82) is 0 Å². The van der Waals surface area contributed by atoms with E-state index in [9.17, 15) is 22.8 Å². The SMILES string of the molecule is COc1ccc2c(OCCC3NC(=O)N(C)CCCC/C=C\C4C[C@@]4(C(=O)NS(=O)(=O)C4(C)CC4)NC3=O)cc(-c3csc(NC(C)C)n3)nc2c1. The summed E-state index contributed by atoms with van der Waals surface area (Å²) < 4.78 is 39.1. The topological polar surface area (TPSA) is 181 Å². The Balaban J connectivity index is 1.25. The van der Waals surface area contributed by atoms with Gasteiger partial charge in [-0.25, -0.2) is 23.2 Å². The summed E-state index contributed by atoms with van der Waals surface area (Å²) in [5, 5.41) is 12.4. The first-order valence-corrected chi connectivity index (χ1v) is 20.0. The monoisotopic (exact) mass is 753 g/mol. The minimum atomic E-state index is -3.94. The minimum Gasteiger partial charge on any atom is -0.497 e. The summed E-state index contributed by atoms with van der Waals surface area (Å²) in [5.41, 5.74) is 0.417. The van der Waals surface area contributed by atoms with Crippen molar-refractivity contribution in [3.05, 3.63) is 41.8 Å². The lowest BCUT2D eigenvalue weighted by atomic mass is 10.1. The normalized spacial score (nSPS) is 23.8. The number of thiazole rings is 1. The summed E-state index contributed by atoms with van der Waals surface area (Å²) in [5.74, 6) is -0.648. The third-order valence-electron chi connectivity index (χ3n) is 9.86. The molecule has 14 nitrogen and oxygen atoms in total. The summed E-state index contributed by atoms with van der Waals surface area (Å²) in [7, 11) is -0.698. The highest BCUT2D eigenvalue weighted by atomic mass is 32.2. The third kappa shape index (κ3) is 8.12. The van der Waals surface area contributed by atoms with E-state index < -0.39 is 50.1 Å². The lowest BCUT2D eigenvalue weighted by Gasteiger charge is -2.26. The van der Waals surface area contributed by atoms with Gasteiger partial charge in [0.05, 0.1) is 29.7 Å². The van der Waals surface area contributed by atoms with Crippen molar-refractivity contribution in [2.75, 3.05) is 32.6 Å². The largest absolute Gasteiger partial charge is 0.497 e. The molecule has 52 heavy (non-hydrogen) atoms. The average molecular weight is 754 g/mol. The minimum absolute atomic E-state index is 0.0130. The quantitative estimate of drug-likeness (QED) is 0.203. The zero-order chi connectivity index (χ0) is 37.3. The Morgan fingerprint density at radius 1 is 1.15 bits per heavy atom. The Labute approximate surface area is 308 Å². The van der Waals surface area contributed by atoms with Gasteiger partial charge in [0.2, 0.25) is 15.9 Å². The maximum Gasteiger partial charge on any atom is 0.317 e. The molecule has 16 heteroatoms. The van der Waals surface area contributed by atoms with Gasteiger partial charge in [0, 0.05) is 54.9 Å². The van der Waals surface area contributed by atoms with Crippen LogP contribution < -0.4 is 30.1 Å². The van der Waals surface area contributed by atoms with Gasteiger partial charge >= 0.3 is 6.03 Å². The lowest BCUT2D eigenvalue weighted by molar-refractivity contribution is -0.130. The van der Waals surface area contributed by atoms with Crippen LogP contribution >= 0.6 is 11.3 Å². The average Bonchev–Trinajstić information content (AvgIpc) is 3.97. The number of fused-ring (bicyclic) bond motifs is 2. The van der Waals surface area contributed by atoms with Crippen molar-refractivity contribution in [2.45, 2.75) is 88.1 Å². The van der Waals surface area contributed by atoms with E-state index in [2.05, 4.69) is 20.7 Å². The highest BCUT2D eigenvalue weighted by Gasteiger charge is 2.62. The van der Waals surface area contributed by atoms with E-state index in [1.807, 2.05) is 37.4 Å². The van der Waals surface area contributed by atoms with Crippen LogP contribution in [0.25, 0.3) is 22.3 Å². The fraction of sp³-hybridized carbons (Fsp3) is 0.528. The summed E-state index contributed by atoms with van der Waals surface area (Å²) in [6.07, 6.45) is 7.34. The van der Waals surface area contributed by atoms with Crippen LogP contribution in [0.2, 0.25) is 0 Å². The van der Waals surface area contributed by atoms with Gasteiger partial charge in [0.15, 0.2) is 5.13 Å². The van der Waals surface area contributed by atoms with E-state index in [1.54, 1.807) is 39.3 Å². The number of nitrogens with one attached hydrogen (secondary N) is 4. The van der Waals surface area contributed by atoms with Crippen LogP contribution in [0.5, 0.6) is 11.5 Å². The van der Waals surface area contributed by atoms with E-state index in [4.69, 9.17) is 19.4 Å². The fourth-order valence-corrected chi connectivity index (χ4v) is 8.28. The molecule has 0 bridgehead atoms. The fourth-order valence-electron chi connectivity index (χ4n) is 6.12. The van der Waals surface area contributed by atoms with Crippen molar-refractivity contribution in [3.8, 4) is 22.9 Å². The van der Waals surface area contributed by atoms with Crippen molar-refractivity contribution in [1.82, 2.24) is 30.2 Å². The van der Waals surface area contributed by atoms with Crippen LogP contribution in [-0.2, 0) is 19.6 Å². The van der Waals surface area contributed by atoms with Gasteiger partial charge in [0.25, 0.3) is 5.91 Å². The summed E-state index contributed by atoms with van der Waals surface area (Å²) in [6, 6.07) is 5.92. The number of sulfonamides is 1. The number of benzene rings is 1. The second-order valence-corrected chi connectivity index (χ2v) is 17.4. The standard InChI is InChI=1S/C36H47N7O7S2/c1-22(2)37-33-39-29(21-51-33)28-19-30(25-12-11-24(49-5)18-27(25)38-28)50-17-13-26-31(44)41-36(32(45)42-52(47,48)35(3)14-15-35)20-23(36)10-8-6-7-9-16-43(4)34(46)40-26/h8,10-12,18-19,21-23,26H,6-7,9,13-17,20H2,1-5H3,(H,37,39)(H,40,46)(H,41,44)(H,42,45)/b10-8-/t23?,26?,36-/m1/s1. The number of hydrogen-bond acceptors (Lipinski definition) is 11. The molecule has 2 aliphatic carbocycles. The molecule has 3 heterocycles. The lowest BCUT2D eigenvalue weighted by Crippen LogP contribution is -2.58. The smallest absolute Gasteiger partial charge is 0.317 e. The molecule has 0 saturated heterocycles. The third-order valence-corrected chi connectivity index (χ3v) is 12.8. The van der Waals surface area contributed by atoms with Crippen molar-refractivity contribution >= 4 is 55.2 Å². The Bertz CT molecular complexity index is 1980. The van der Waals surface area contributed by atoms with Crippen molar-refractivity contribution in [3.63, 3.8) is 0 Å². The number of ether oxygens (including phenoxy) is 2. The van der Waals surface area contributed by atoms with Gasteiger partial charge in [0.1, 0.15) is 28.8 Å². The molecular weight excluding hydrogens is 707 g/mol. The van der Waals surface area contributed by atoms with Crippen LogP contribution in [0.4, 0.5) is 9.93 Å². The molecule has 0 spiro atoms. The van der Waals surface area contributed by atoms with Gasteiger partial charge in [-0.05, 0) is 71.4 Å². The van der Waals surface area contributed by atoms with Gasteiger partial charge in [-0.15, -0.1) is 11.3 Å². The summed E-state index contributed by atoms with van der Waals surface area (Å²) >= 11 is 1.47. The summed E-state index contributed by atoms with van der Waals surface area (Å²) in [4.78, 5) is 52.0.